The van der Waals surface area contributed by atoms with E-state index < -0.39 is 11.8 Å². The molecule has 1 fully saturated rings. The zero-order valence-corrected chi connectivity index (χ0v) is 12.4. The van der Waals surface area contributed by atoms with Gasteiger partial charge >= 0.3 is 11.8 Å². The van der Waals surface area contributed by atoms with Crippen molar-refractivity contribution in [2.45, 2.75) is 6.42 Å². The topological polar surface area (TPSA) is 78.4 Å². The molecule has 0 bridgehead atoms. The first kappa shape index (κ1) is 15.5. The minimum atomic E-state index is -0.565. The highest BCUT2D eigenvalue weighted by atomic mass is 35.5. The van der Waals surface area contributed by atoms with Crippen molar-refractivity contribution in [2.75, 3.05) is 43.5 Å². The number of nitrogens with one attached hydrogen (secondary N) is 1. The van der Waals surface area contributed by atoms with E-state index in [4.69, 9.17) is 11.6 Å². The SMILES string of the molecule is O=C(NCCCCl)C(=O)N1CCN(c2ncccn2)CC1. The van der Waals surface area contributed by atoms with Gasteiger partial charge in [0.15, 0.2) is 0 Å². The Balaban J connectivity index is 1.80. The summed E-state index contributed by atoms with van der Waals surface area (Å²) in [6.07, 6.45) is 4.02. The largest absolute Gasteiger partial charge is 0.348 e. The van der Waals surface area contributed by atoms with Crippen LogP contribution in [-0.4, -0.2) is 65.3 Å². The molecule has 0 unspecified atom stereocenters. The van der Waals surface area contributed by atoms with Crippen molar-refractivity contribution < 1.29 is 9.59 Å². The highest BCUT2D eigenvalue weighted by Gasteiger charge is 2.26. The van der Waals surface area contributed by atoms with Gasteiger partial charge in [0.2, 0.25) is 5.95 Å². The van der Waals surface area contributed by atoms with Crippen molar-refractivity contribution in [3.63, 3.8) is 0 Å². The predicted octanol–water partition coefficient (Wildman–Crippen LogP) is -0.130. The first-order valence-electron chi connectivity index (χ1n) is 6.87. The summed E-state index contributed by atoms with van der Waals surface area (Å²) in [7, 11) is 0. The van der Waals surface area contributed by atoms with E-state index in [0.717, 1.165) is 0 Å². The summed E-state index contributed by atoms with van der Waals surface area (Å²) in [6.45, 7) is 2.63. The van der Waals surface area contributed by atoms with Crippen LogP contribution in [0.15, 0.2) is 18.5 Å². The number of carbonyl (C=O) groups excluding carboxylic acids is 2. The van der Waals surface area contributed by atoms with Gasteiger partial charge in [-0.1, -0.05) is 0 Å². The summed E-state index contributed by atoms with van der Waals surface area (Å²) in [5.41, 5.74) is 0. The van der Waals surface area contributed by atoms with Crippen LogP contribution in [0.2, 0.25) is 0 Å². The number of hydrogen-bond acceptors (Lipinski definition) is 5. The third kappa shape index (κ3) is 4.29. The molecule has 0 radical (unpaired) electrons. The van der Waals surface area contributed by atoms with E-state index in [2.05, 4.69) is 15.3 Å². The number of nitrogens with zero attached hydrogens (tertiary/aromatic N) is 4. The lowest BCUT2D eigenvalue weighted by Gasteiger charge is -2.34. The van der Waals surface area contributed by atoms with Crippen LogP contribution < -0.4 is 10.2 Å². The minimum absolute atomic E-state index is 0.423. The Morgan fingerprint density at radius 2 is 1.86 bits per heavy atom. The smallest absolute Gasteiger partial charge is 0.312 e. The maximum atomic E-state index is 12.0. The van der Waals surface area contributed by atoms with Gasteiger partial charge in [-0.2, -0.15) is 0 Å². The number of piperazine rings is 1. The van der Waals surface area contributed by atoms with Gasteiger partial charge < -0.3 is 15.1 Å². The maximum absolute atomic E-state index is 12.0. The summed E-state index contributed by atoms with van der Waals surface area (Å²) in [6, 6.07) is 1.76. The van der Waals surface area contributed by atoms with Crippen molar-refractivity contribution in [3.8, 4) is 0 Å². The lowest BCUT2D eigenvalue weighted by molar-refractivity contribution is -0.146. The Kier molecular flexibility index (Phi) is 5.74. The number of carbonyl (C=O) groups is 2. The van der Waals surface area contributed by atoms with E-state index in [1.54, 1.807) is 23.4 Å². The zero-order chi connectivity index (χ0) is 15.1. The summed E-state index contributed by atoms with van der Waals surface area (Å²) in [5, 5.41) is 2.57. The molecule has 0 aromatic carbocycles. The molecule has 7 nitrogen and oxygen atoms in total. The second-order valence-corrected chi connectivity index (χ2v) is 5.00. The molecule has 21 heavy (non-hydrogen) atoms. The molecule has 0 atom stereocenters. The van der Waals surface area contributed by atoms with Crippen molar-refractivity contribution in [2.24, 2.45) is 0 Å². The summed E-state index contributed by atoms with van der Waals surface area (Å²) in [5.74, 6) is 0.0587. The zero-order valence-electron chi connectivity index (χ0n) is 11.7. The Labute approximate surface area is 128 Å². The van der Waals surface area contributed by atoms with Crippen LogP contribution in [0.25, 0.3) is 0 Å². The van der Waals surface area contributed by atoms with Gasteiger partial charge in [0.05, 0.1) is 0 Å². The third-order valence-corrected chi connectivity index (χ3v) is 3.46. The molecule has 114 valence electrons. The number of rotatable bonds is 4. The molecule has 1 aromatic rings. The lowest BCUT2D eigenvalue weighted by Crippen LogP contribution is -2.53. The van der Waals surface area contributed by atoms with Crippen molar-refractivity contribution in [3.05, 3.63) is 18.5 Å². The number of hydrogen-bond donors (Lipinski definition) is 1. The third-order valence-electron chi connectivity index (χ3n) is 3.19. The highest BCUT2D eigenvalue weighted by Crippen LogP contribution is 2.09. The average molecular weight is 312 g/mol. The molecule has 1 aliphatic rings. The molecule has 0 spiro atoms. The lowest BCUT2D eigenvalue weighted by atomic mass is 10.3. The van der Waals surface area contributed by atoms with E-state index in [0.29, 0.717) is 51.0 Å². The molecule has 2 amide bonds. The molecule has 1 saturated heterocycles. The average Bonchev–Trinajstić information content (AvgIpc) is 2.55. The highest BCUT2D eigenvalue weighted by molar-refractivity contribution is 6.35. The van der Waals surface area contributed by atoms with Crippen LogP contribution >= 0.6 is 11.6 Å². The summed E-state index contributed by atoms with van der Waals surface area (Å²) >= 11 is 5.52. The Bertz CT molecular complexity index is 477. The van der Waals surface area contributed by atoms with E-state index in [1.807, 2.05) is 4.90 Å². The minimum Gasteiger partial charge on any atom is -0.348 e. The van der Waals surface area contributed by atoms with Gasteiger partial charge in [-0.3, -0.25) is 9.59 Å². The van der Waals surface area contributed by atoms with E-state index >= 15 is 0 Å². The maximum Gasteiger partial charge on any atom is 0.312 e. The fourth-order valence-corrected chi connectivity index (χ4v) is 2.19. The van der Waals surface area contributed by atoms with Gasteiger partial charge in [0, 0.05) is 51.0 Å². The van der Waals surface area contributed by atoms with Gasteiger partial charge in [-0.15, -0.1) is 11.6 Å². The van der Waals surface area contributed by atoms with Gasteiger partial charge in [-0.25, -0.2) is 9.97 Å². The summed E-state index contributed by atoms with van der Waals surface area (Å²) in [4.78, 5) is 35.6. The number of alkyl halides is 1. The molecular weight excluding hydrogens is 294 g/mol. The quantitative estimate of drug-likeness (QED) is 0.476. The fraction of sp³-hybridized carbons (Fsp3) is 0.538. The molecule has 8 heteroatoms. The van der Waals surface area contributed by atoms with E-state index in [9.17, 15) is 9.59 Å². The van der Waals surface area contributed by atoms with Crippen molar-refractivity contribution >= 4 is 29.4 Å². The molecule has 2 rings (SSSR count). The first-order valence-corrected chi connectivity index (χ1v) is 7.41. The molecule has 1 aliphatic heterocycles. The van der Waals surface area contributed by atoms with Crippen LogP contribution in [0.4, 0.5) is 5.95 Å². The van der Waals surface area contributed by atoms with Crippen molar-refractivity contribution in [1.82, 2.24) is 20.2 Å². The number of amides is 2. The second kappa shape index (κ2) is 7.78. The van der Waals surface area contributed by atoms with Crippen LogP contribution in [0.3, 0.4) is 0 Å². The van der Waals surface area contributed by atoms with E-state index in [1.165, 1.54) is 0 Å². The normalized spacial score (nSPS) is 14.9. The Morgan fingerprint density at radius 1 is 1.19 bits per heavy atom. The first-order chi connectivity index (χ1) is 10.2. The molecule has 1 aromatic heterocycles. The molecule has 0 saturated carbocycles. The van der Waals surface area contributed by atoms with Crippen LogP contribution in [0.1, 0.15) is 6.42 Å². The van der Waals surface area contributed by atoms with Crippen molar-refractivity contribution in [1.29, 1.82) is 0 Å². The van der Waals surface area contributed by atoms with E-state index in [-0.39, 0.29) is 0 Å². The van der Waals surface area contributed by atoms with Gasteiger partial charge in [0.25, 0.3) is 0 Å². The van der Waals surface area contributed by atoms with Gasteiger partial charge in [0.1, 0.15) is 0 Å². The summed E-state index contributed by atoms with van der Waals surface area (Å²) < 4.78 is 0. The Hall–Kier alpha value is -1.89. The number of halogens is 1. The van der Waals surface area contributed by atoms with Crippen LogP contribution in [0.5, 0.6) is 0 Å². The number of aromatic nitrogens is 2. The molecule has 2 heterocycles. The Morgan fingerprint density at radius 3 is 2.48 bits per heavy atom. The fourth-order valence-electron chi connectivity index (χ4n) is 2.05. The van der Waals surface area contributed by atoms with Gasteiger partial charge in [-0.05, 0) is 12.5 Å². The predicted molar refractivity (Wildman–Crippen MR) is 79.2 cm³/mol. The second-order valence-electron chi connectivity index (χ2n) is 4.63. The molecular formula is C13H18ClN5O2. The monoisotopic (exact) mass is 311 g/mol. The molecule has 0 aliphatic carbocycles. The van der Waals surface area contributed by atoms with Crippen LogP contribution in [0, 0.1) is 0 Å². The standard InChI is InChI=1S/C13H18ClN5O2/c14-3-1-4-15-11(20)12(21)18-7-9-19(10-8-18)13-16-5-2-6-17-13/h2,5-6H,1,3-4,7-10H2,(H,15,20). The molecule has 1 N–H and O–H groups in total. The van der Waals surface area contributed by atoms with Crippen LogP contribution in [-0.2, 0) is 9.59 Å². The number of anilines is 1.